The molecule has 0 atom stereocenters. The first-order valence-electron chi connectivity index (χ1n) is 7.91. The third-order valence-corrected chi connectivity index (χ3v) is 3.81. The summed E-state index contributed by atoms with van der Waals surface area (Å²) in [6.07, 6.45) is 0.870. The number of aromatic nitrogens is 2. The molecule has 0 radical (unpaired) electrons. The first-order valence-corrected chi connectivity index (χ1v) is 7.91. The van der Waals surface area contributed by atoms with E-state index >= 15 is 0 Å². The molecule has 0 aliphatic rings. The summed E-state index contributed by atoms with van der Waals surface area (Å²) in [5.74, 6) is 0.506. The van der Waals surface area contributed by atoms with Gasteiger partial charge in [0.1, 0.15) is 16.8 Å². The van der Waals surface area contributed by atoms with Gasteiger partial charge in [-0.15, -0.1) is 0 Å². The Morgan fingerprint density at radius 1 is 1.04 bits per heavy atom. The summed E-state index contributed by atoms with van der Waals surface area (Å²) in [5, 5.41) is 5.98. The molecule has 2 aromatic carbocycles. The quantitative estimate of drug-likeness (QED) is 0.536. The number of fused-ring (bicyclic) bond motifs is 2. The van der Waals surface area contributed by atoms with Gasteiger partial charge in [0.05, 0.1) is 23.7 Å². The van der Waals surface area contributed by atoms with Crippen molar-refractivity contribution in [2.45, 2.75) is 6.42 Å². The average Bonchev–Trinajstić information content (AvgIpc) is 2.62. The highest BCUT2D eigenvalue weighted by molar-refractivity contribution is 6.06. The summed E-state index contributed by atoms with van der Waals surface area (Å²) in [4.78, 5) is 21.7. The smallest absolute Gasteiger partial charge is 0.253 e. The van der Waals surface area contributed by atoms with Gasteiger partial charge in [0, 0.05) is 6.54 Å². The number of amides is 1. The summed E-state index contributed by atoms with van der Waals surface area (Å²) in [5.41, 5.74) is 3.20. The zero-order valence-corrected chi connectivity index (χ0v) is 13.8. The van der Waals surface area contributed by atoms with Crippen LogP contribution in [-0.4, -0.2) is 43.1 Å². The van der Waals surface area contributed by atoms with Crippen LogP contribution in [0.15, 0.2) is 36.4 Å². The van der Waals surface area contributed by atoms with Gasteiger partial charge in [0.15, 0.2) is 0 Å². The molecule has 2 N–H and O–H groups in total. The molecule has 3 rings (SSSR count). The molecule has 6 heteroatoms. The van der Waals surface area contributed by atoms with Gasteiger partial charge < -0.3 is 15.4 Å². The fourth-order valence-electron chi connectivity index (χ4n) is 2.60. The lowest BCUT2D eigenvalue weighted by atomic mass is 10.1. The van der Waals surface area contributed by atoms with Gasteiger partial charge in [-0.3, -0.25) is 4.79 Å². The van der Waals surface area contributed by atoms with E-state index in [1.165, 1.54) is 0 Å². The average molecular weight is 324 g/mol. The number of benzene rings is 2. The van der Waals surface area contributed by atoms with Crippen LogP contribution in [0, 0.1) is 0 Å². The van der Waals surface area contributed by atoms with Gasteiger partial charge in [-0.05, 0) is 44.3 Å². The standard InChI is InChI=1S/C18H20N4O2/c1-19-10-5-11-20-18(23)12-6-3-7-13-16(12)22-17-14(21-13)8-4-9-15(17)24-2/h3-4,6-9,19H,5,10-11H2,1-2H3,(H,20,23). The van der Waals surface area contributed by atoms with E-state index < -0.39 is 0 Å². The lowest BCUT2D eigenvalue weighted by molar-refractivity contribution is 0.0955. The molecule has 1 amide bonds. The van der Waals surface area contributed by atoms with Crippen molar-refractivity contribution in [1.82, 2.24) is 20.6 Å². The predicted octanol–water partition coefficient (Wildman–Crippen LogP) is 2.13. The van der Waals surface area contributed by atoms with E-state index in [0.717, 1.165) is 18.5 Å². The van der Waals surface area contributed by atoms with Crippen molar-refractivity contribution in [3.63, 3.8) is 0 Å². The van der Waals surface area contributed by atoms with Gasteiger partial charge in [0.2, 0.25) is 0 Å². The highest BCUT2D eigenvalue weighted by Gasteiger charge is 2.14. The number of methoxy groups -OCH3 is 1. The molecule has 0 fully saturated rings. The molecule has 0 saturated heterocycles. The highest BCUT2D eigenvalue weighted by atomic mass is 16.5. The normalized spacial score (nSPS) is 10.9. The second-order valence-corrected chi connectivity index (χ2v) is 5.44. The second kappa shape index (κ2) is 7.23. The molecule has 0 aliphatic heterocycles. The van der Waals surface area contributed by atoms with Crippen LogP contribution < -0.4 is 15.4 Å². The molecule has 0 spiro atoms. The number of hydrogen-bond donors (Lipinski definition) is 2. The molecule has 124 valence electrons. The first kappa shape index (κ1) is 16.1. The molecule has 0 bridgehead atoms. The van der Waals surface area contributed by atoms with Crippen LogP contribution in [0.4, 0.5) is 0 Å². The maximum Gasteiger partial charge on any atom is 0.253 e. The van der Waals surface area contributed by atoms with Crippen molar-refractivity contribution in [1.29, 1.82) is 0 Å². The van der Waals surface area contributed by atoms with E-state index in [4.69, 9.17) is 4.74 Å². The number of ether oxygens (including phenoxy) is 1. The van der Waals surface area contributed by atoms with E-state index in [-0.39, 0.29) is 5.91 Å². The number of nitrogens with zero attached hydrogens (tertiary/aromatic N) is 2. The summed E-state index contributed by atoms with van der Waals surface area (Å²) in [6, 6.07) is 11.0. The van der Waals surface area contributed by atoms with E-state index in [9.17, 15) is 4.79 Å². The Morgan fingerprint density at radius 3 is 2.54 bits per heavy atom. The zero-order chi connectivity index (χ0) is 16.9. The van der Waals surface area contributed by atoms with Gasteiger partial charge in [-0.25, -0.2) is 9.97 Å². The molecule has 1 aromatic heterocycles. The summed E-state index contributed by atoms with van der Waals surface area (Å²) < 4.78 is 5.36. The Labute approximate surface area is 140 Å². The first-order chi connectivity index (χ1) is 11.7. The van der Waals surface area contributed by atoms with Gasteiger partial charge in [-0.1, -0.05) is 12.1 Å². The van der Waals surface area contributed by atoms with Crippen LogP contribution in [0.5, 0.6) is 5.75 Å². The Balaban J connectivity index is 2.02. The van der Waals surface area contributed by atoms with Crippen molar-refractivity contribution >= 4 is 28.0 Å². The van der Waals surface area contributed by atoms with Crippen LogP contribution in [0.2, 0.25) is 0 Å². The van der Waals surface area contributed by atoms with Crippen LogP contribution >= 0.6 is 0 Å². The molecule has 6 nitrogen and oxygen atoms in total. The number of hydrogen-bond acceptors (Lipinski definition) is 5. The minimum Gasteiger partial charge on any atom is -0.494 e. The van der Waals surface area contributed by atoms with E-state index in [0.29, 0.717) is 34.4 Å². The van der Waals surface area contributed by atoms with Crippen LogP contribution in [0.1, 0.15) is 16.8 Å². The van der Waals surface area contributed by atoms with Crippen molar-refractivity contribution < 1.29 is 9.53 Å². The monoisotopic (exact) mass is 324 g/mol. The summed E-state index contributed by atoms with van der Waals surface area (Å²) in [6.45, 7) is 1.47. The minimum atomic E-state index is -0.139. The molecule has 0 saturated carbocycles. The molecule has 1 heterocycles. The molecule has 0 aliphatic carbocycles. The minimum absolute atomic E-state index is 0.139. The number of carbonyl (C=O) groups is 1. The van der Waals surface area contributed by atoms with Gasteiger partial charge in [-0.2, -0.15) is 0 Å². The van der Waals surface area contributed by atoms with Crippen LogP contribution in [0.3, 0.4) is 0 Å². The topological polar surface area (TPSA) is 76.1 Å². The van der Waals surface area contributed by atoms with E-state index in [1.54, 1.807) is 13.2 Å². The van der Waals surface area contributed by atoms with Crippen molar-refractivity contribution in [2.24, 2.45) is 0 Å². The largest absolute Gasteiger partial charge is 0.494 e. The molecular formula is C18H20N4O2. The number of carbonyl (C=O) groups excluding carboxylic acids is 1. The number of nitrogens with one attached hydrogen (secondary N) is 2. The molecule has 24 heavy (non-hydrogen) atoms. The fourth-order valence-corrected chi connectivity index (χ4v) is 2.60. The Kier molecular flexibility index (Phi) is 4.86. The third kappa shape index (κ3) is 3.14. The SMILES string of the molecule is CNCCCNC(=O)c1cccc2nc3cccc(OC)c3nc12. The molecule has 3 aromatic rings. The predicted molar refractivity (Wildman–Crippen MR) is 94.5 cm³/mol. The second-order valence-electron chi connectivity index (χ2n) is 5.44. The lowest BCUT2D eigenvalue weighted by Gasteiger charge is -2.09. The van der Waals surface area contributed by atoms with E-state index in [2.05, 4.69) is 20.6 Å². The Bertz CT molecular complexity index is 879. The lowest BCUT2D eigenvalue weighted by Crippen LogP contribution is -2.26. The fraction of sp³-hybridized carbons (Fsp3) is 0.278. The number of rotatable bonds is 6. The van der Waals surface area contributed by atoms with Gasteiger partial charge >= 0.3 is 0 Å². The van der Waals surface area contributed by atoms with Crippen molar-refractivity contribution in [3.05, 3.63) is 42.0 Å². The highest BCUT2D eigenvalue weighted by Crippen LogP contribution is 2.25. The number of para-hydroxylation sites is 2. The maximum atomic E-state index is 12.5. The third-order valence-electron chi connectivity index (χ3n) is 3.81. The van der Waals surface area contributed by atoms with Crippen LogP contribution in [-0.2, 0) is 0 Å². The zero-order valence-electron chi connectivity index (χ0n) is 13.8. The van der Waals surface area contributed by atoms with Crippen molar-refractivity contribution in [3.8, 4) is 5.75 Å². The maximum absolute atomic E-state index is 12.5. The molecular weight excluding hydrogens is 304 g/mol. The summed E-state index contributed by atoms with van der Waals surface area (Å²) >= 11 is 0. The van der Waals surface area contributed by atoms with Crippen molar-refractivity contribution in [2.75, 3.05) is 27.2 Å². The van der Waals surface area contributed by atoms with Crippen LogP contribution in [0.25, 0.3) is 22.1 Å². The van der Waals surface area contributed by atoms with E-state index in [1.807, 2.05) is 37.4 Å². The molecule has 0 unspecified atom stereocenters. The van der Waals surface area contributed by atoms with Gasteiger partial charge in [0.25, 0.3) is 5.91 Å². The summed E-state index contributed by atoms with van der Waals surface area (Å²) in [7, 11) is 3.49. The Morgan fingerprint density at radius 2 is 1.79 bits per heavy atom. The Hall–Kier alpha value is -2.73.